The van der Waals surface area contributed by atoms with Crippen molar-refractivity contribution >= 4 is 23.0 Å². The molecule has 0 saturated carbocycles. The third-order valence-electron chi connectivity index (χ3n) is 3.25. The molecule has 0 radical (unpaired) electrons. The predicted molar refractivity (Wildman–Crippen MR) is 75.2 cm³/mol. The maximum Gasteiger partial charge on any atom is 0.335 e. The molecule has 0 atom stereocenters. The summed E-state index contributed by atoms with van der Waals surface area (Å²) < 4.78 is 5.07. The van der Waals surface area contributed by atoms with Gasteiger partial charge in [0.15, 0.2) is 0 Å². The summed E-state index contributed by atoms with van der Waals surface area (Å²) in [6.45, 7) is 0.474. The van der Waals surface area contributed by atoms with E-state index in [1.165, 1.54) is 7.11 Å². The lowest BCUT2D eigenvalue weighted by Gasteiger charge is -2.22. The number of halogens is 1. The van der Waals surface area contributed by atoms with E-state index >= 15 is 0 Å². The Balaban J connectivity index is 2.35. The Morgan fingerprint density at radius 1 is 1.50 bits per heavy atom. The van der Waals surface area contributed by atoms with Crippen molar-refractivity contribution in [1.82, 2.24) is 4.98 Å². The number of nitro groups is 1. The molecule has 0 unspecified atom stereocenters. The standard InChI is InChI=1S/C13H10ClN3O3/c1-20-13-10(14)4-9-8-2-3-15-5-7(8)6-16-11(9)12(13)17(18)19/h2-5,16H,6H2,1H3. The number of hydrogen-bond acceptors (Lipinski definition) is 5. The van der Waals surface area contributed by atoms with Crippen molar-refractivity contribution in [2.24, 2.45) is 0 Å². The predicted octanol–water partition coefficient (Wildman–Crippen LogP) is 3.24. The summed E-state index contributed by atoms with van der Waals surface area (Å²) in [5.74, 6) is 0.0698. The second-order valence-electron chi connectivity index (χ2n) is 4.31. The van der Waals surface area contributed by atoms with Gasteiger partial charge in [-0.05, 0) is 23.3 Å². The number of methoxy groups -OCH3 is 1. The number of aromatic nitrogens is 1. The molecule has 7 heteroatoms. The average molecular weight is 292 g/mol. The first-order chi connectivity index (χ1) is 9.63. The van der Waals surface area contributed by atoms with E-state index in [4.69, 9.17) is 16.3 Å². The Labute approximate surface area is 119 Å². The van der Waals surface area contributed by atoms with E-state index < -0.39 is 4.92 Å². The summed E-state index contributed by atoms with van der Waals surface area (Å²) in [7, 11) is 1.36. The molecule has 0 bridgehead atoms. The molecule has 0 aliphatic carbocycles. The number of benzene rings is 1. The first-order valence-electron chi connectivity index (χ1n) is 5.85. The van der Waals surface area contributed by atoms with Crippen molar-refractivity contribution < 1.29 is 9.66 Å². The summed E-state index contributed by atoms with van der Waals surface area (Å²) in [4.78, 5) is 14.9. The highest BCUT2D eigenvalue weighted by molar-refractivity contribution is 6.33. The molecule has 3 rings (SSSR count). The van der Waals surface area contributed by atoms with Gasteiger partial charge in [-0.2, -0.15) is 0 Å². The zero-order valence-corrected chi connectivity index (χ0v) is 11.3. The van der Waals surface area contributed by atoms with Crippen LogP contribution in [-0.4, -0.2) is 17.0 Å². The second kappa shape index (κ2) is 4.64. The van der Waals surface area contributed by atoms with Gasteiger partial charge in [0.05, 0.1) is 17.1 Å². The molecule has 6 nitrogen and oxygen atoms in total. The number of fused-ring (bicyclic) bond motifs is 3. The van der Waals surface area contributed by atoms with Crippen LogP contribution in [0.5, 0.6) is 5.75 Å². The number of nitrogens with one attached hydrogen (secondary N) is 1. The minimum Gasteiger partial charge on any atom is -0.489 e. The minimum atomic E-state index is -0.483. The van der Waals surface area contributed by atoms with E-state index in [9.17, 15) is 10.1 Å². The first-order valence-corrected chi connectivity index (χ1v) is 6.23. The molecule has 1 aromatic carbocycles. The quantitative estimate of drug-likeness (QED) is 0.679. The van der Waals surface area contributed by atoms with Gasteiger partial charge in [0.2, 0.25) is 5.75 Å². The van der Waals surface area contributed by atoms with Crippen molar-refractivity contribution in [1.29, 1.82) is 0 Å². The normalized spacial score (nSPS) is 12.1. The molecule has 1 aliphatic rings. The van der Waals surface area contributed by atoms with Gasteiger partial charge in [-0.1, -0.05) is 11.6 Å². The lowest BCUT2D eigenvalue weighted by atomic mass is 9.95. The molecule has 102 valence electrons. The highest BCUT2D eigenvalue weighted by Gasteiger charge is 2.30. The highest BCUT2D eigenvalue weighted by Crippen LogP contribution is 2.49. The maximum absolute atomic E-state index is 11.3. The molecule has 2 heterocycles. The third-order valence-corrected chi connectivity index (χ3v) is 3.53. The van der Waals surface area contributed by atoms with E-state index in [0.717, 1.165) is 11.1 Å². The van der Waals surface area contributed by atoms with Crippen LogP contribution in [-0.2, 0) is 6.54 Å². The summed E-state index contributed by atoms with van der Waals surface area (Å²) in [5, 5.41) is 14.6. The fourth-order valence-electron chi connectivity index (χ4n) is 2.39. The number of nitrogens with zero attached hydrogens (tertiary/aromatic N) is 2. The van der Waals surface area contributed by atoms with E-state index in [2.05, 4.69) is 10.3 Å². The van der Waals surface area contributed by atoms with Crippen LogP contribution in [0.15, 0.2) is 24.5 Å². The average Bonchev–Trinajstić information content (AvgIpc) is 2.45. The minimum absolute atomic E-state index is 0.0698. The van der Waals surface area contributed by atoms with Crippen molar-refractivity contribution in [2.45, 2.75) is 6.54 Å². The van der Waals surface area contributed by atoms with Crippen molar-refractivity contribution in [3.8, 4) is 16.9 Å². The SMILES string of the molecule is COc1c(Cl)cc2c(c1[N+](=O)[O-])NCc1cnccc1-2. The number of pyridine rings is 1. The van der Waals surface area contributed by atoms with Gasteiger partial charge < -0.3 is 10.1 Å². The fourth-order valence-corrected chi connectivity index (χ4v) is 2.67. The topological polar surface area (TPSA) is 77.3 Å². The summed E-state index contributed by atoms with van der Waals surface area (Å²) in [6.07, 6.45) is 3.38. The molecule has 2 aromatic rings. The van der Waals surface area contributed by atoms with E-state index in [0.29, 0.717) is 17.8 Å². The van der Waals surface area contributed by atoms with Gasteiger partial charge >= 0.3 is 5.69 Å². The van der Waals surface area contributed by atoms with Crippen LogP contribution in [0.1, 0.15) is 5.56 Å². The molecule has 0 spiro atoms. The summed E-state index contributed by atoms with van der Waals surface area (Å²) >= 11 is 6.10. The molecular weight excluding hydrogens is 282 g/mol. The van der Waals surface area contributed by atoms with Gasteiger partial charge in [-0.15, -0.1) is 0 Å². The summed E-state index contributed by atoms with van der Waals surface area (Å²) in [6, 6.07) is 3.50. The van der Waals surface area contributed by atoms with Crippen LogP contribution in [0.3, 0.4) is 0 Å². The van der Waals surface area contributed by atoms with Crippen LogP contribution in [0.2, 0.25) is 5.02 Å². The van der Waals surface area contributed by atoms with Gasteiger partial charge in [-0.25, -0.2) is 0 Å². The molecule has 20 heavy (non-hydrogen) atoms. The lowest BCUT2D eigenvalue weighted by molar-refractivity contribution is -0.384. The van der Waals surface area contributed by atoms with Crippen LogP contribution in [0.4, 0.5) is 11.4 Å². The molecular formula is C13H10ClN3O3. The van der Waals surface area contributed by atoms with Gasteiger partial charge in [-0.3, -0.25) is 15.1 Å². The number of ether oxygens (including phenoxy) is 1. The van der Waals surface area contributed by atoms with Crippen molar-refractivity contribution in [3.05, 3.63) is 45.2 Å². The number of rotatable bonds is 2. The van der Waals surface area contributed by atoms with Crippen LogP contribution in [0, 0.1) is 10.1 Å². The molecule has 1 N–H and O–H groups in total. The molecule has 1 aromatic heterocycles. The Morgan fingerprint density at radius 3 is 3.00 bits per heavy atom. The van der Waals surface area contributed by atoms with Gasteiger partial charge in [0.1, 0.15) is 5.69 Å². The first kappa shape index (κ1) is 12.7. The Bertz CT molecular complexity index is 718. The summed E-state index contributed by atoms with van der Waals surface area (Å²) in [5.41, 5.74) is 2.83. The monoisotopic (exact) mass is 291 g/mol. The molecule has 0 fully saturated rings. The maximum atomic E-state index is 11.3. The largest absolute Gasteiger partial charge is 0.489 e. The Morgan fingerprint density at radius 2 is 2.30 bits per heavy atom. The zero-order chi connectivity index (χ0) is 14.3. The molecule has 0 amide bonds. The van der Waals surface area contributed by atoms with Crippen LogP contribution >= 0.6 is 11.6 Å². The lowest BCUT2D eigenvalue weighted by Crippen LogP contribution is -2.12. The van der Waals surface area contributed by atoms with E-state index in [1.54, 1.807) is 18.5 Å². The number of nitro benzene ring substituents is 1. The van der Waals surface area contributed by atoms with Crippen molar-refractivity contribution in [3.63, 3.8) is 0 Å². The fraction of sp³-hybridized carbons (Fsp3) is 0.154. The smallest absolute Gasteiger partial charge is 0.335 e. The molecule has 1 aliphatic heterocycles. The van der Waals surface area contributed by atoms with Gasteiger partial charge in [0.25, 0.3) is 0 Å². The van der Waals surface area contributed by atoms with E-state index in [1.807, 2.05) is 6.07 Å². The molecule has 0 saturated heterocycles. The van der Waals surface area contributed by atoms with Gasteiger partial charge in [0, 0.05) is 24.5 Å². The van der Waals surface area contributed by atoms with Crippen LogP contribution in [0.25, 0.3) is 11.1 Å². The van der Waals surface area contributed by atoms with Crippen LogP contribution < -0.4 is 10.1 Å². The van der Waals surface area contributed by atoms with Crippen molar-refractivity contribution in [2.75, 3.05) is 12.4 Å². The highest BCUT2D eigenvalue weighted by atomic mass is 35.5. The zero-order valence-electron chi connectivity index (χ0n) is 10.5. The number of anilines is 1. The van der Waals surface area contributed by atoms with E-state index in [-0.39, 0.29) is 16.5 Å². The third kappa shape index (κ3) is 1.77. The number of hydrogen-bond donors (Lipinski definition) is 1. The Hall–Kier alpha value is -2.34. The second-order valence-corrected chi connectivity index (χ2v) is 4.71. The Kier molecular flexibility index (Phi) is 2.94.